The summed E-state index contributed by atoms with van der Waals surface area (Å²) in [6.07, 6.45) is 0. The van der Waals surface area contributed by atoms with Crippen LogP contribution in [0.25, 0.3) is 88.0 Å². The van der Waals surface area contributed by atoms with E-state index in [0.717, 1.165) is 0 Å². The standard InChI is InChI=1S/C46H30N2/c1-2-16-36(17-3-1)47-43-21-8-6-19-38(43)40-29-34(24-26-45(40)47)32-14-10-15-33(28-32)35-25-27-46-41(30-35)39-20-7-9-22-44(39)48(46)42-23-11-13-31-12-4-5-18-37(31)42/h1-30H. The molecule has 0 spiro atoms. The number of nitrogens with zero attached hydrogens (tertiary/aromatic N) is 2. The number of hydrogen-bond donors (Lipinski definition) is 0. The molecule has 0 amide bonds. The predicted molar refractivity (Wildman–Crippen MR) is 203 cm³/mol. The van der Waals surface area contributed by atoms with Gasteiger partial charge in [0.15, 0.2) is 0 Å². The van der Waals surface area contributed by atoms with Crippen LogP contribution < -0.4 is 0 Å². The molecule has 2 heterocycles. The Balaban J connectivity index is 1.11. The summed E-state index contributed by atoms with van der Waals surface area (Å²) in [7, 11) is 0. The third kappa shape index (κ3) is 4.06. The molecule has 10 rings (SSSR count). The van der Waals surface area contributed by atoms with Gasteiger partial charge in [-0.2, -0.15) is 0 Å². The first kappa shape index (κ1) is 26.8. The summed E-state index contributed by atoms with van der Waals surface area (Å²) in [5.74, 6) is 0. The Kier molecular flexibility index (Phi) is 5.91. The van der Waals surface area contributed by atoms with Crippen LogP contribution in [-0.2, 0) is 0 Å². The summed E-state index contributed by atoms with van der Waals surface area (Å²) < 4.78 is 4.79. The van der Waals surface area contributed by atoms with Crippen molar-refractivity contribution in [2.24, 2.45) is 0 Å². The highest BCUT2D eigenvalue weighted by Crippen LogP contribution is 2.39. The Morgan fingerprint density at radius 3 is 1.44 bits per heavy atom. The van der Waals surface area contributed by atoms with Crippen LogP contribution in [0, 0.1) is 0 Å². The van der Waals surface area contributed by atoms with Gasteiger partial charge in [-0.05, 0) is 88.3 Å². The molecule has 0 aliphatic rings. The maximum absolute atomic E-state index is 2.42. The third-order valence-electron chi connectivity index (χ3n) is 9.90. The van der Waals surface area contributed by atoms with E-state index in [1.807, 2.05) is 0 Å². The van der Waals surface area contributed by atoms with E-state index in [-0.39, 0.29) is 0 Å². The number of aromatic nitrogens is 2. The molecule has 224 valence electrons. The quantitative estimate of drug-likeness (QED) is 0.188. The van der Waals surface area contributed by atoms with E-state index in [4.69, 9.17) is 0 Å². The van der Waals surface area contributed by atoms with E-state index in [1.165, 1.54) is 88.0 Å². The second-order valence-electron chi connectivity index (χ2n) is 12.6. The van der Waals surface area contributed by atoms with Crippen molar-refractivity contribution in [3.05, 3.63) is 182 Å². The topological polar surface area (TPSA) is 9.86 Å². The average molecular weight is 611 g/mol. The van der Waals surface area contributed by atoms with Crippen molar-refractivity contribution in [3.63, 3.8) is 0 Å². The summed E-state index contributed by atoms with van der Waals surface area (Å²) in [4.78, 5) is 0. The minimum Gasteiger partial charge on any atom is -0.309 e. The Morgan fingerprint density at radius 1 is 0.271 bits per heavy atom. The molecule has 0 N–H and O–H groups in total. The van der Waals surface area contributed by atoms with Gasteiger partial charge >= 0.3 is 0 Å². The summed E-state index contributed by atoms with van der Waals surface area (Å²) in [5, 5.41) is 7.55. The molecule has 0 saturated carbocycles. The second-order valence-corrected chi connectivity index (χ2v) is 12.6. The monoisotopic (exact) mass is 610 g/mol. The van der Waals surface area contributed by atoms with Crippen LogP contribution in [0.1, 0.15) is 0 Å². The highest BCUT2D eigenvalue weighted by molar-refractivity contribution is 6.12. The molecule has 10 aromatic rings. The van der Waals surface area contributed by atoms with Crippen LogP contribution >= 0.6 is 0 Å². The number of hydrogen-bond acceptors (Lipinski definition) is 0. The van der Waals surface area contributed by atoms with Gasteiger partial charge in [0, 0.05) is 32.6 Å². The summed E-state index contributed by atoms with van der Waals surface area (Å²) in [5.41, 5.74) is 12.1. The van der Waals surface area contributed by atoms with E-state index >= 15 is 0 Å². The molecular weight excluding hydrogens is 581 g/mol. The van der Waals surface area contributed by atoms with Gasteiger partial charge in [0.1, 0.15) is 0 Å². The molecule has 8 aromatic carbocycles. The highest BCUT2D eigenvalue weighted by Gasteiger charge is 2.16. The molecule has 0 saturated heterocycles. The van der Waals surface area contributed by atoms with Crippen LogP contribution in [0.3, 0.4) is 0 Å². The van der Waals surface area contributed by atoms with E-state index < -0.39 is 0 Å². The normalized spacial score (nSPS) is 11.8. The Morgan fingerprint density at radius 2 is 0.750 bits per heavy atom. The lowest BCUT2D eigenvalue weighted by Gasteiger charge is -2.12. The fraction of sp³-hybridized carbons (Fsp3) is 0. The Bertz CT molecular complexity index is 2830. The Labute approximate surface area is 278 Å². The minimum atomic E-state index is 1.18. The molecule has 2 aromatic heterocycles. The van der Waals surface area contributed by atoms with Crippen molar-refractivity contribution in [1.82, 2.24) is 9.13 Å². The molecule has 0 aliphatic carbocycles. The van der Waals surface area contributed by atoms with Gasteiger partial charge in [-0.3, -0.25) is 0 Å². The zero-order valence-electron chi connectivity index (χ0n) is 26.2. The van der Waals surface area contributed by atoms with Crippen LogP contribution in [-0.4, -0.2) is 9.13 Å². The van der Waals surface area contributed by atoms with Gasteiger partial charge in [0.05, 0.1) is 27.8 Å². The zero-order valence-corrected chi connectivity index (χ0v) is 26.2. The molecule has 0 unspecified atom stereocenters. The predicted octanol–water partition coefficient (Wildman–Crippen LogP) is 12.4. The number of fused-ring (bicyclic) bond motifs is 7. The van der Waals surface area contributed by atoms with E-state index in [1.54, 1.807) is 0 Å². The first-order valence-electron chi connectivity index (χ1n) is 16.5. The number of para-hydroxylation sites is 3. The first-order chi connectivity index (χ1) is 23.8. The molecule has 2 heteroatoms. The lowest BCUT2D eigenvalue weighted by atomic mass is 9.97. The molecule has 0 radical (unpaired) electrons. The smallest absolute Gasteiger partial charge is 0.0541 e. The van der Waals surface area contributed by atoms with E-state index in [0.29, 0.717) is 0 Å². The summed E-state index contributed by atoms with van der Waals surface area (Å²) >= 11 is 0. The fourth-order valence-corrected chi connectivity index (χ4v) is 7.70. The molecule has 2 nitrogen and oxygen atoms in total. The number of benzene rings is 8. The lowest BCUT2D eigenvalue weighted by molar-refractivity contribution is 1.18. The molecular formula is C46H30N2. The van der Waals surface area contributed by atoms with Gasteiger partial charge in [-0.15, -0.1) is 0 Å². The highest BCUT2D eigenvalue weighted by atomic mass is 15.0. The second kappa shape index (κ2) is 10.6. The van der Waals surface area contributed by atoms with Crippen molar-refractivity contribution >= 4 is 54.4 Å². The van der Waals surface area contributed by atoms with Crippen molar-refractivity contribution in [2.45, 2.75) is 0 Å². The third-order valence-corrected chi connectivity index (χ3v) is 9.90. The van der Waals surface area contributed by atoms with Crippen LogP contribution in [0.4, 0.5) is 0 Å². The van der Waals surface area contributed by atoms with Gasteiger partial charge in [0.2, 0.25) is 0 Å². The zero-order chi connectivity index (χ0) is 31.6. The first-order valence-corrected chi connectivity index (χ1v) is 16.5. The van der Waals surface area contributed by atoms with E-state index in [9.17, 15) is 0 Å². The van der Waals surface area contributed by atoms with Crippen LogP contribution in [0.5, 0.6) is 0 Å². The van der Waals surface area contributed by atoms with Crippen molar-refractivity contribution in [3.8, 4) is 33.6 Å². The molecule has 48 heavy (non-hydrogen) atoms. The fourth-order valence-electron chi connectivity index (χ4n) is 7.70. The van der Waals surface area contributed by atoms with Gasteiger partial charge < -0.3 is 9.13 Å². The van der Waals surface area contributed by atoms with Crippen LogP contribution in [0.2, 0.25) is 0 Å². The maximum atomic E-state index is 2.42. The maximum Gasteiger partial charge on any atom is 0.0541 e. The Hall–Kier alpha value is -6.38. The van der Waals surface area contributed by atoms with Crippen molar-refractivity contribution in [2.75, 3.05) is 0 Å². The lowest BCUT2D eigenvalue weighted by Crippen LogP contribution is -1.95. The molecule has 0 fully saturated rings. The average Bonchev–Trinajstić information content (AvgIpc) is 3.67. The molecule has 0 bridgehead atoms. The molecule has 0 atom stereocenters. The SMILES string of the molecule is c1ccc(-n2c3ccccc3c3cc(-c4cccc(-c5ccc6c(c5)c5ccccc5n6-c5cccc6ccccc56)c4)ccc32)cc1. The number of rotatable bonds is 4. The molecule has 0 aliphatic heterocycles. The van der Waals surface area contributed by atoms with Gasteiger partial charge in [-0.25, -0.2) is 0 Å². The van der Waals surface area contributed by atoms with Gasteiger partial charge in [0.25, 0.3) is 0 Å². The minimum absolute atomic E-state index is 1.18. The van der Waals surface area contributed by atoms with Crippen LogP contribution in [0.15, 0.2) is 182 Å². The summed E-state index contributed by atoms with van der Waals surface area (Å²) in [6, 6.07) is 66.2. The van der Waals surface area contributed by atoms with Gasteiger partial charge in [-0.1, -0.05) is 121 Å². The largest absolute Gasteiger partial charge is 0.309 e. The van der Waals surface area contributed by atoms with Crippen molar-refractivity contribution < 1.29 is 0 Å². The van der Waals surface area contributed by atoms with Crippen molar-refractivity contribution in [1.29, 1.82) is 0 Å². The summed E-state index contributed by atoms with van der Waals surface area (Å²) in [6.45, 7) is 0. The van der Waals surface area contributed by atoms with E-state index in [2.05, 4.69) is 191 Å².